The van der Waals surface area contributed by atoms with Crippen LogP contribution in [-0.2, 0) is 24.3 Å². The van der Waals surface area contributed by atoms with Gasteiger partial charge in [-0.25, -0.2) is 8.42 Å². The number of fused-ring (bicyclic) bond motifs is 1. The number of halogens is 2. The molecule has 0 fully saturated rings. The van der Waals surface area contributed by atoms with Crippen molar-refractivity contribution in [2.75, 3.05) is 18.7 Å². The zero-order valence-electron chi connectivity index (χ0n) is 15.5. The maximum atomic E-state index is 12.4. The Labute approximate surface area is 182 Å². The molecule has 1 amide bonds. The van der Waals surface area contributed by atoms with Crippen LogP contribution in [0.4, 0.5) is 5.69 Å². The predicted molar refractivity (Wildman–Crippen MR) is 108 cm³/mol. The molecule has 3 rings (SSSR count). The average Bonchev–Trinajstić information content (AvgIpc) is 3.15. The molecular formula is C18H16Cl2N2O7S. The van der Waals surface area contributed by atoms with Crippen LogP contribution in [0, 0.1) is 0 Å². The Kier molecular flexibility index (Phi) is 6.71. The maximum Gasteiger partial charge on any atom is 0.324 e. The van der Waals surface area contributed by atoms with Gasteiger partial charge in [-0.15, -0.1) is 0 Å². The van der Waals surface area contributed by atoms with Gasteiger partial charge in [0.1, 0.15) is 6.04 Å². The van der Waals surface area contributed by atoms with E-state index in [0.29, 0.717) is 17.2 Å². The second-order valence-corrected chi connectivity index (χ2v) is 8.67. The lowest BCUT2D eigenvalue weighted by Gasteiger charge is -2.14. The number of hydrogen-bond donors (Lipinski definition) is 2. The van der Waals surface area contributed by atoms with Crippen molar-refractivity contribution in [3.05, 3.63) is 46.4 Å². The summed E-state index contributed by atoms with van der Waals surface area (Å²) in [5.74, 6) is -0.501. The molecule has 0 radical (unpaired) electrons. The summed E-state index contributed by atoms with van der Waals surface area (Å²) in [4.78, 5) is 23.9. The van der Waals surface area contributed by atoms with Crippen molar-refractivity contribution in [2.45, 2.75) is 17.9 Å². The van der Waals surface area contributed by atoms with Crippen LogP contribution in [-0.4, -0.2) is 39.7 Å². The number of carbonyl (C=O) groups excluding carboxylic acids is 2. The van der Waals surface area contributed by atoms with Crippen LogP contribution in [0.5, 0.6) is 11.5 Å². The lowest BCUT2D eigenvalue weighted by Crippen LogP contribution is -2.40. The van der Waals surface area contributed by atoms with E-state index in [9.17, 15) is 18.0 Å². The summed E-state index contributed by atoms with van der Waals surface area (Å²) >= 11 is 11.6. The Balaban J connectivity index is 1.52. The number of anilines is 1. The van der Waals surface area contributed by atoms with Gasteiger partial charge in [-0.05, 0) is 37.3 Å². The minimum Gasteiger partial charge on any atom is -0.454 e. The first-order valence-electron chi connectivity index (χ1n) is 8.49. The van der Waals surface area contributed by atoms with Crippen LogP contribution in [0.15, 0.2) is 41.3 Å². The third-order valence-corrected chi connectivity index (χ3v) is 6.17. The number of benzene rings is 2. The van der Waals surface area contributed by atoms with Crippen molar-refractivity contribution in [3.63, 3.8) is 0 Å². The largest absolute Gasteiger partial charge is 0.454 e. The summed E-state index contributed by atoms with van der Waals surface area (Å²) in [6.07, 6.45) is 0. The van der Waals surface area contributed by atoms with Gasteiger partial charge in [-0.2, -0.15) is 4.72 Å². The molecule has 30 heavy (non-hydrogen) atoms. The molecule has 1 aliphatic rings. The lowest BCUT2D eigenvalue weighted by atomic mass is 10.3. The topological polar surface area (TPSA) is 120 Å². The second-order valence-electron chi connectivity index (χ2n) is 6.14. The first-order chi connectivity index (χ1) is 14.2. The van der Waals surface area contributed by atoms with E-state index in [4.69, 9.17) is 37.4 Å². The van der Waals surface area contributed by atoms with Crippen molar-refractivity contribution < 1.29 is 32.2 Å². The van der Waals surface area contributed by atoms with Gasteiger partial charge >= 0.3 is 5.97 Å². The molecular weight excluding hydrogens is 459 g/mol. The van der Waals surface area contributed by atoms with Crippen molar-refractivity contribution in [1.82, 2.24) is 4.72 Å². The fraction of sp³-hybridized carbons (Fsp3) is 0.222. The van der Waals surface area contributed by atoms with Crippen LogP contribution < -0.4 is 19.5 Å². The average molecular weight is 475 g/mol. The summed E-state index contributed by atoms with van der Waals surface area (Å²) in [6, 6.07) is 7.27. The van der Waals surface area contributed by atoms with Gasteiger partial charge in [0.15, 0.2) is 18.1 Å². The number of rotatable bonds is 7. The third-order valence-electron chi connectivity index (χ3n) is 3.89. The molecule has 0 spiro atoms. The number of esters is 1. The van der Waals surface area contributed by atoms with Crippen LogP contribution in [0.2, 0.25) is 10.0 Å². The number of sulfonamides is 1. The summed E-state index contributed by atoms with van der Waals surface area (Å²) < 4.78 is 42.1. The molecule has 160 valence electrons. The fourth-order valence-corrected chi connectivity index (χ4v) is 4.01. The van der Waals surface area contributed by atoms with Crippen molar-refractivity contribution >= 4 is 50.8 Å². The molecule has 12 heteroatoms. The quantitative estimate of drug-likeness (QED) is 0.591. The number of carbonyl (C=O) groups is 2. The fourth-order valence-electron chi connectivity index (χ4n) is 2.43. The van der Waals surface area contributed by atoms with Crippen LogP contribution >= 0.6 is 23.2 Å². The first kappa shape index (κ1) is 22.2. The van der Waals surface area contributed by atoms with E-state index >= 15 is 0 Å². The molecule has 0 aromatic heterocycles. The van der Waals surface area contributed by atoms with Gasteiger partial charge < -0.3 is 19.5 Å². The number of amides is 1. The van der Waals surface area contributed by atoms with Gasteiger partial charge in [-0.1, -0.05) is 23.2 Å². The molecule has 0 saturated carbocycles. The number of hydrogen-bond acceptors (Lipinski definition) is 7. The molecule has 2 aromatic carbocycles. The van der Waals surface area contributed by atoms with Gasteiger partial charge in [0.05, 0.1) is 14.9 Å². The molecule has 2 N–H and O–H groups in total. The summed E-state index contributed by atoms with van der Waals surface area (Å²) in [7, 11) is -4.06. The smallest absolute Gasteiger partial charge is 0.324 e. The molecule has 1 aliphatic heterocycles. The number of ether oxygens (including phenoxy) is 3. The summed E-state index contributed by atoms with van der Waals surface area (Å²) in [5, 5.41) is 2.78. The summed E-state index contributed by atoms with van der Waals surface area (Å²) in [6.45, 7) is 0.777. The van der Waals surface area contributed by atoms with Crippen molar-refractivity contribution in [3.8, 4) is 11.5 Å². The molecule has 0 aliphatic carbocycles. The Bertz CT molecular complexity index is 1090. The maximum absolute atomic E-state index is 12.4. The predicted octanol–water partition coefficient (Wildman–Crippen LogP) is 2.57. The van der Waals surface area contributed by atoms with Crippen LogP contribution in [0.3, 0.4) is 0 Å². The van der Waals surface area contributed by atoms with Gasteiger partial charge in [0.2, 0.25) is 16.8 Å². The molecule has 0 bridgehead atoms. The standard InChI is InChI=1S/C18H16Cl2N2O7S/c1-10(22-30(25,26)12-3-4-13(19)14(20)7-12)18(24)27-8-17(23)21-11-2-5-15-16(6-11)29-9-28-15/h2-7,10,22H,8-9H2,1H3,(H,21,23)/t10-/m0/s1. The molecule has 0 unspecified atom stereocenters. The Morgan fingerprint density at radius 2 is 1.83 bits per heavy atom. The van der Waals surface area contributed by atoms with E-state index in [-0.39, 0.29) is 21.7 Å². The highest BCUT2D eigenvalue weighted by Crippen LogP contribution is 2.34. The van der Waals surface area contributed by atoms with Crippen molar-refractivity contribution in [2.24, 2.45) is 0 Å². The Morgan fingerprint density at radius 1 is 1.10 bits per heavy atom. The van der Waals surface area contributed by atoms with Gasteiger partial charge in [-0.3, -0.25) is 9.59 Å². The lowest BCUT2D eigenvalue weighted by molar-refractivity contribution is -0.148. The molecule has 1 atom stereocenters. The van der Waals surface area contributed by atoms with Gasteiger partial charge in [0, 0.05) is 11.8 Å². The third kappa shape index (κ3) is 5.33. The minimum atomic E-state index is -4.06. The molecule has 1 heterocycles. The zero-order valence-corrected chi connectivity index (χ0v) is 17.8. The summed E-state index contributed by atoms with van der Waals surface area (Å²) in [5.41, 5.74) is 0.425. The van der Waals surface area contributed by atoms with E-state index in [1.165, 1.54) is 19.1 Å². The molecule has 0 saturated heterocycles. The van der Waals surface area contributed by atoms with Crippen molar-refractivity contribution in [1.29, 1.82) is 0 Å². The van der Waals surface area contributed by atoms with E-state index in [0.717, 1.165) is 6.07 Å². The molecule has 9 nitrogen and oxygen atoms in total. The van der Waals surface area contributed by atoms with E-state index in [2.05, 4.69) is 10.0 Å². The highest BCUT2D eigenvalue weighted by molar-refractivity contribution is 7.89. The number of nitrogens with one attached hydrogen (secondary N) is 2. The molecule has 2 aromatic rings. The van der Waals surface area contributed by atoms with E-state index in [1.54, 1.807) is 18.2 Å². The van der Waals surface area contributed by atoms with Gasteiger partial charge in [0.25, 0.3) is 5.91 Å². The minimum absolute atomic E-state index is 0.0509. The van der Waals surface area contributed by atoms with Crippen LogP contribution in [0.25, 0.3) is 0 Å². The highest BCUT2D eigenvalue weighted by Gasteiger charge is 2.24. The monoisotopic (exact) mass is 474 g/mol. The SMILES string of the molecule is C[C@H](NS(=O)(=O)c1ccc(Cl)c(Cl)c1)C(=O)OCC(=O)Nc1ccc2c(c1)OCO2. The van der Waals surface area contributed by atoms with E-state index in [1.807, 2.05) is 0 Å². The highest BCUT2D eigenvalue weighted by atomic mass is 35.5. The Morgan fingerprint density at radius 3 is 2.57 bits per heavy atom. The second kappa shape index (κ2) is 9.09. The normalized spacial score (nSPS) is 13.6. The van der Waals surface area contributed by atoms with E-state index < -0.39 is 34.5 Å². The zero-order chi connectivity index (χ0) is 21.9. The Hall–Kier alpha value is -2.53. The first-order valence-corrected chi connectivity index (χ1v) is 10.7. The van der Waals surface area contributed by atoms with Crippen LogP contribution in [0.1, 0.15) is 6.92 Å².